The Balaban J connectivity index is 2.68. The molecule has 3 nitrogen and oxygen atoms in total. The molecule has 0 saturated carbocycles. The molecule has 0 atom stereocenters. The van der Waals surface area contributed by atoms with Gasteiger partial charge in [0.1, 0.15) is 0 Å². The molecule has 1 aromatic carbocycles. The van der Waals surface area contributed by atoms with Crippen molar-refractivity contribution in [2.24, 2.45) is 5.41 Å². The van der Waals surface area contributed by atoms with Gasteiger partial charge in [0.25, 0.3) is 0 Å². The summed E-state index contributed by atoms with van der Waals surface area (Å²) in [6.07, 6.45) is 0. The Bertz CT molecular complexity index is 421. The highest BCUT2D eigenvalue weighted by molar-refractivity contribution is 6.35. The van der Waals surface area contributed by atoms with Gasteiger partial charge in [0.15, 0.2) is 0 Å². The summed E-state index contributed by atoms with van der Waals surface area (Å²) in [4.78, 5) is 11.7. The van der Waals surface area contributed by atoms with Crippen molar-refractivity contribution >= 4 is 46.4 Å². The third kappa shape index (κ3) is 3.95. The summed E-state index contributed by atoms with van der Waals surface area (Å²) < 4.78 is 0. The topological polar surface area (TPSA) is 41.1 Å². The number of benzene rings is 1. The molecule has 0 aromatic heterocycles. The van der Waals surface area contributed by atoms with Crippen molar-refractivity contribution in [2.75, 3.05) is 11.3 Å². The van der Waals surface area contributed by atoms with Gasteiger partial charge in [-0.05, 0) is 32.0 Å². The maximum atomic E-state index is 11.7. The standard InChI is InChI=1S/C11H13Cl3N2O/c1-11(2,6-12)10(17)16-15-9-5-7(13)3-4-8(9)14/h3-5,15H,6H2,1-2H3,(H,16,17). The van der Waals surface area contributed by atoms with Crippen LogP contribution in [0.2, 0.25) is 10.0 Å². The van der Waals surface area contributed by atoms with Crippen molar-refractivity contribution in [3.05, 3.63) is 28.2 Å². The predicted octanol–water partition coefficient (Wildman–Crippen LogP) is 3.70. The highest BCUT2D eigenvalue weighted by Gasteiger charge is 2.26. The molecule has 0 saturated heterocycles. The predicted molar refractivity (Wildman–Crippen MR) is 72.7 cm³/mol. The maximum absolute atomic E-state index is 11.7. The zero-order valence-electron chi connectivity index (χ0n) is 9.48. The average Bonchev–Trinajstić information content (AvgIpc) is 2.29. The van der Waals surface area contributed by atoms with E-state index in [2.05, 4.69) is 10.9 Å². The second-order valence-electron chi connectivity index (χ2n) is 4.22. The van der Waals surface area contributed by atoms with Gasteiger partial charge in [0.2, 0.25) is 5.91 Å². The molecular formula is C11H13Cl3N2O. The molecule has 94 valence electrons. The van der Waals surface area contributed by atoms with Crippen LogP contribution in [0.15, 0.2) is 18.2 Å². The number of amides is 1. The maximum Gasteiger partial charge on any atom is 0.245 e. The number of anilines is 1. The second-order valence-corrected chi connectivity index (χ2v) is 5.33. The Morgan fingerprint density at radius 2 is 2.00 bits per heavy atom. The van der Waals surface area contributed by atoms with E-state index >= 15 is 0 Å². The lowest BCUT2D eigenvalue weighted by atomic mass is 9.96. The first-order chi connectivity index (χ1) is 7.86. The van der Waals surface area contributed by atoms with Crippen LogP contribution in [0.1, 0.15) is 13.8 Å². The monoisotopic (exact) mass is 294 g/mol. The molecule has 2 N–H and O–H groups in total. The van der Waals surface area contributed by atoms with Gasteiger partial charge in [0.05, 0.1) is 16.1 Å². The van der Waals surface area contributed by atoms with Crippen LogP contribution in [0.3, 0.4) is 0 Å². The van der Waals surface area contributed by atoms with E-state index in [-0.39, 0.29) is 11.8 Å². The van der Waals surface area contributed by atoms with E-state index < -0.39 is 5.41 Å². The van der Waals surface area contributed by atoms with Gasteiger partial charge < -0.3 is 0 Å². The van der Waals surface area contributed by atoms with Crippen molar-refractivity contribution in [1.82, 2.24) is 5.43 Å². The molecule has 6 heteroatoms. The zero-order chi connectivity index (χ0) is 13.1. The summed E-state index contributed by atoms with van der Waals surface area (Å²) in [5, 5.41) is 1.00. The first kappa shape index (κ1) is 14.4. The van der Waals surface area contributed by atoms with Crippen molar-refractivity contribution in [3.8, 4) is 0 Å². The van der Waals surface area contributed by atoms with Crippen molar-refractivity contribution in [3.63, 3.8) is 0 Å². The van der Waals surface area contributed by atoms with Gasteiger partial charge >= 0.3 is 0 Å². The molecule has 0 fully saturated rings. The molecule has 0 aliphatic carbocycles. The molecule has 0 bridgehead atoms. The summed E-state index contributed by atoms with van der Waals surface area (Å²) in [5.41, 5.74) is 5.15. The molecule has 0 aliphatic rings. The quantitative estimate of drug-likeness (QED) is 0.657. The molecule has 17 heavy (non-hydrogen) atoms. The first-order valence-electron chi connectivity index (χ1n) is 4.94. The minimum absolute atomic E-state index is 0.219. The summed E-state index contributed by atoms with van der Waals surface area (Å²) in [7, 11) is 0. The van der Waals surface area contributed by atoms with E-state index in [1.165, 1.54) is 0 Å². The Kier molecular flexibility index (Phi) is 4.92. The van der Waals surface area contributed by atoms with E-state index in [1.807, 2.05) is 0 Å². The lowest BCUT2D eigenvalue weighted by Gasteiger charge is -2.21. The molecule has 0 heterocycles. The highest BCUT2D eigenvalue weighted by Crippen LogP contribution is 2.25. The van der Waals surface area contributed by atoms with E-state index in [9.17, 15) is 4.79 Å². The number of rotatable bonds is 4. The van der Waals surface area contributed by atoms with Crippen LogP contribution in [0.4, 0.5) is 5.69 Å². The number of hydrogen-bond acceptors (Lipinski definition) is 2. The normalized spacial score (nSPS) is 11.1. The minimum atomic E-state index is -0.653. The third-order valence-electron chi connectivity index (χ3n) is 2.19. The van der Waals surface area contributed by atoms with Gasteiger partial charge in [-0.1, -0.05) is 23.2 Å². The zero-order valence-corrected chi connectivity index (χ0v) is 11.7. The number of carbonyl (C=O) groups excluding carboxylic acids is 1. The molecule has 1 rings (SSSR count). The van der Waals surface area contributed by atoms with Gasteiger partial charge in [-0.3, -0.25) is 15.6 Å². The van der Waals surface area contributed by atoms with E-state index in [1.54, 1.807) is 32.0 Å². The van der Waals surface area contributed by atoms with E-state index in [0.29, 0.717) is 15.7 Å². The van der Waals surface area contributed by atoms with Crippen LogP contribution in [0.25, 0.3) is 0 Å². The number of hydrogen-bond donors (Lipinski definition) is 2. The fourth-order valence-corrected chi connectivity index (χ4v) is 1.41. The lowest BCUT2D eigenvalue weighted by Crippen LogP contribution is -2.41. The average molecular weight is 296 g/mol. The molecule has 0 unspecified atom stereocenters. The number of carbonyl (C=O) groups is 1. The van der Waals surface area contributed by atoms with Crippen LogP contribution < -0.4 is 10.9 Å². The number of nitrogens with one attached hydrogen (secondary N) is 2. The van der Waals surface area contributed by atoms with E-state index in [0.717, 1.165) is 0 Å². The summed E-state index contributed by atoms with van der Waals surface area (Å²) in [6, 6.07) is 4.93. The SMILES string of the molecule is CC(C)(CCl)C(=O)NNc1cc(Cl)ccc1Cl. The van der Waals surface area contributed by atoms with Crippen LogP contribution in [-0.2, 0) is 4.79 Å². The van der Waals surface area contributed by atoms with Crippen molar-refractivity contribution < 1.29 is 4.79 Å². The summed E-state index contributed by atoms with van der Waals surface area (Å²) >= 11 is 17.4. The number of hydrazine groups is 1. The molecule has 0 spiro atoms. The molecule has 0 aliphatic heterocycles. The molecule has 1 amide bonds. The third-order valence-corrected chi connectivity index (χ3v) is 3.42. The van der Waals surface area contributed by atoms with Crippen LogP contribution >= 0.6 is 34.8 Å². The van der Waals surface area contributed by atoms with Gasteiger partial charge in [0, 0.05) is 10.9 Å². The number of halogens is 3. The number of alkyl halides is 1. The van der Waals surface area contributed by atoms with Crippen molar-refractivity contribution in [2.45, 2.75) is 13.8 Å². The molecule has 0 radical (unpaired) electrons. The second kappa shape index (κ2) is 5.80. The minimum Gasteiger partial charge on any atom is -0.297 e. The molecule has 1 aromatic rings. The van der Waals surface area contributed by atoms with Crippen LogP contribution in [0.5, 0.6) is 0 Å². The Morgan fingerprint density at radius 1 is 1.35 bits per heavy atom. The Morgan fingerprint density at radius 3 is 2.59 bits per heavy atom. The van der Waals surface area contributed by atoms with Gasteiger partial charge in [-0.25, -0.2) is 0 Å². The Labute approximate surface area is 115 Å². The molecular weight excluding hydrogens is 282 g/mol. The fraction of sp³-hybridized carbons (Fsp3) is 0.364. The Hall–Kier alpha value is -0.640. The lowest BCUT2D eigenvalue weighted by molar-refractivity contribution is -0.127. The smallest absolute Gasteiger partial charge is 0.245 e. The first-order valence-corrected chi connectivity index (χ1v) is 6.23. The van der Waals surface area contributed by atoms with Crippen LogP contribution in [0, 0.1) is 5.41 Å². The van der Waals surface area contributed by atoms with Crippen LogP contribution in [-0.4, -0.2) is 11.8 Å². The largest absolute Gasteiger partial charge is 0.297 e. The fourth-order valence-electron chi connectivity index (χ4n) is 0.947. The van der Waals surface area contributed by atoms with Gasteiger partial charge in [-0.2, -0.15) is 0 Å². The summed E-state index contributed by atoms with van der Waals surface area (Å²) in [5.74, 6) is 0.00704. The summed E-state index contributed by atoms with van der Waals surface area (Å²) in [6.45, 7) is 3.49. The van der Waals surface area contributed by atoms with Gasteiger partial charge in [-0.15, -0.1) is 11.6 Å². The van der Waals surface area contributed by atoms with Crippen molar-refractivity contribution in [1.29, 1.82) is 0 Å². The van der Waals surface area contributed by atoms with E-state index in [4.69, 9.17) is 34.8 Å². The highest BCUT2D eigenvalue weighted by atomic mass is 35.5.